The first-order valence-electron chi connectivity index (χ1n) is 8.68. The molecule has 4 rings (SSSR count). The molecule has 4 nitrogen and oxygen atoms in total. The molecule has 1 aromatic heterocycles. The van der Waals surface area contributed by atoms with Crippen LogP contribution in [0.3, 0.4) is 0 Å². The van der Waals surface area contributed by atoms with Gasteiger partial charge in [-0.2, -0.15) is 0 Å². The molecule has 0 fully saturated rings. The van der Waals surface area contributed by atoms with Gasteiger partial charge in [0.1, 0.15) is 6.04 Å². The van der Waals surface area contributed by atoms with E-state index in [4.69, 9.17) is 16.3 Å². The van der Waals surface area contributed by atoms with E-state index in [0.717, 1.165) is 34.3 Å². The molecule has 27 heavy (non-hydrogen) atoms. The summed E-state index contributed by atoms with van der Waals surface area (Å²) < 4.78 is 32.5. The predicted molar refractivity (Wildman–Crippen MR) is 98.9 cm³/mol. The van der Waals surface area contributed by atoms with Gasteiger partial charge in [-0.3, -0.25) is 4.90 Å². The summed E-state index contributed by atoms with van der Waals surface area (Å²) in [5, 5.41) is 1.58. The fourth-order valence-corrected chi connectivity index (χ4v) is 3.86. The van der Waals surface area contributed by atoms with E-state index in [1.54, 1.807) is 13.0 Å². The van der Waals surface area contributed by atoms with Crippen molar-refractivity contribution in [3.05, 3.63) is 69.9 Å². The molecule has 0 bridgehead atoms. The lowest BCUT2D eigenvalue weighted by Gasteiger charge is -2.35. The Morgan fingerprint density at radius 3 is 2.81 bits per heavy atom. The number of ether oxygens (including phenoxy) is 1. The van der Waals surface area contributed by atoms with Crippen LogP contribution in [0.15, 0.2) is 36.4 Å². The van der Waals surface area contributed by atoms with Gasteiger partial charge in [0.15, 0.2) is 11.6 Å². The predicted octanol–water partition coefficient (Wildman–Crippen LogP) is 5.20. The molecule has 0 saturated heterocycles. The largest absolute Gasteiger partial charge is 0.450 e. The molecule has 140 valence electrons. The standard InChI is InChI=1S/C20H17ClF2N2O2/c1-2-27-20(26)25-8-7-13-14-10-12(21)4-6-17(14)24-18(13)19(25)11-3-5-15(22)16(23)9-11/h3-6,9-10,19,24H,2,7-8H2,1H3. The maximum absolute atomic E-state index is 13.9. The topological polar surface area (TPSA) is 45.3 Å². The zero-order valence-corrected chi connectivity index (χ0v) is 15.3. The van der Waals surface area contributed by atoms with Crippen molar-refractivity contribution in [2.45, 2.75) is 19.4 Å². The number of hydrogen-bond donors (Lipinski definition) is 1. The van der Waals surface area contributed by atoms with Gasteiger partial charge in [-0.05, 0) is 54.8 Å². The number of hydrogen-bond acceptors (Lipinski definition) is 2. The third kappa shape index (κ3) is 3.04. The number of halogens is 3. The highest BCUT2D eigenvalue weighted by Gasteiger charge is 2.35. The highest BCUT2D eigenvalue weighted by molar-refractivity contribution is 6.31. The Morgan fingerprint density at radius 2 is 2.07 bits per heavy atom. The Balaban J connectivity index is 1.90. The zero-order chi connectivity index (χ0) is 19.1. The molecule has 2 heterocycles. The second-order valence-corrected chi connectivity index (χ2v) is 6.86. The number of benzene rings is 2. The lowest BCUT2D eigenvalue weighted by molar-refractivity contribution is 0.0931. The highest BCUT2D eigenvalue weighted by atomic mass is 35.5. The van der Waals surface area contributed by atoms with Gasteiger partial charge >= 0.3 is 6.09 Å². The molecular formula is C20H17ClF2N2O2. The lowest BCUT2D eigenvalue weighted by atomic mass is 9.92. The zero-order valence-electron chi connectivity index (χ0n) is 14.6. The van der Waals surface area contributed by atoms with Crippen LogP contribution in [0.4, 0.5) is 13.6 Å². The van der Waals surface area contributed by atoms with Crippen LogP contribution in [0.25, 0.3) is 10.9 Å². The molecule has 0 saturated carbocycles. The van der Waals surface area contributed by atoms with E-state index < -0.39 is 23.8 Å². The minimum Gasteiger partial charge on any atom is -0.450 e. The van der Waals surface area contributed by atoms with E-state index in [9.17, 15) is 13.6 Å². The van der Waals surface area contributed by atoms with Crippen molar-refractivity contribution < 1.29 is 18.3 Å². The van der Waals surface area contributed by atoms with E-state index in [2.05, 4.69) is 4.98 Å². The first kappa shape index (κ1) is 17.8. The van der Waals surface area contributed by atoms with Gasteiger partial charge in [0.25, 0.3) is 0 Å². The van der Waals surface area contributed by atoms with Crippen LogP contribution < -0.4 is 0 Å². The third-order valence-corrected chi connectivity index (χ3v) is 5.09. The molecule has 3 aromatic rings. The second kappa shape index (κ2) is 6.85. The third-order valence-electron chi connectivity index (χ3n) is 4.85. The van der Waals surface area contributed by atoms with Gasteiger partial charge in [0.2, 0.25) is 0 Å². The fraction of sp³-hybridized carbons (Fsp3) is 0.250. The van der Waals surface area contributed by atoms with Crippen LogP contribution in [0.2, 0.25) is 5.02 Å². The molecule has 2 aromatic carbocycles. The fourth-order valence-electron chi connectivity index (χ4n) is 3.69. The van der Waals surface area contributed by atoms with Crippen molar-refractivity contribution in [3.63, 3.8) is 0 Å². The van der Waals surface area contributed by atoms with Crippen LogP contribution in [0.5, 0.6) is 0 Å². The first-order chi connectivity index (χ1) is 13.0. The molecule has 1 amide bonds. The maximum atomic E-state index is 13.9. The normalized spacial score (nSPS) is 16.4. The van der Waals surface area contributed by atoms with E-state index in [1.165, 1.54) is 11.0 Å². The van der Waals surface area contributed by atoms with Crippen molar-refractivity contribution in [2.24, 2.45) is 0 Å². The summed E-state index contributed by atoms with van der Waals surface area (Å²) in [6, 6.07) is 8.60. The van der Waals surface area contributed by atoms with Crippen molar-refractivity contribution in [3.8, 4) is 0 Å². The molecule has 0 spiro atoms. The molecular weight excluding hydrogens is 374 g/mol. The van der Waals surface area contributed by atoms with Gasteiger partial charge < -0.3 is 9.72 Å². The van der Waals surface area contributed by atoms with Gasteiger partial charge in [-0.15, -0.1) is 0 Å². The molecule has 7 heteroatoms. The first-order valence-corrected chi connectivity index (χ1v) is 9.05. The van der Waals surface area contributed by atoms with Crippen molar-refractivity contribution in [2.75, 3.05) is 13.2 Å². The van der Waals surface area contributed by atoms with Gasteiger partial charge in [0, 0.05) is 28.2 Å². The summed E-state index contributed by atoms with van der Waals surface area (Å²) in [6.45, 7) is 2.36. The van der Waals surface area contributed by atoms with Crippen LogP contribution >= 0.6 is 11.6 Å². The molecule has 0 aliphatic carbocycles. The number of H-pyrrole nitrogens is 1. The Labute approximate surface area is 159 Å². The van der Waals surface area contributed by atoms with Gasteiger partial charge in [-0.25, -0.2) is 13.6 Å². The van der Waals surface area contributed by atoms with Crippen molar-refractivity contribution in [1.82, 2.24) is 9.88 Å². The second-order valence-electron chi connectivity index (χ2n) is 6.43. The number of aromatic amines is 1. The maximum Gasteiger partial charge on any atom is 0.410 e. The average Bonchev–Trinajstić information content (AvgIpc) is 3.01. The van der Waals surface area contributed by atoms with Gasteiger partial charge in [0.05, 0.1) is 6.61 Å². The molecule has 1 unspecified atom stereocenters. The summed E-state index contributed by atoms with van der Waals surface area (Å²) in [4.78, 5) is 17.4. The van der Waals surface area contributed by atoms with Crippen LogP contribution in [0.1, 0.15) is 29.8 Å². The molecule has 1 atom stereocenters. The van der Waals surface area contributed by atoms with E-state index in [0.29, 0.717) is 23.6 Å². The Morgan fingerprint density at radius 1 is 1.26 bits per heavy atom. The number of carbonyl (C=O) groups excluding carboxylic acids is 1. The monoisotopic (exact) mass is 390 g/mol. The Kier molecular flexibility index (Phi) is 4.52. The number of carbonyl (C=O) groups is 1. The molecule has 1 N–H and O–H groups in total. The van der Waals surface area contributed by atoms with Crippen LogP contribution in [0, 0.1) is 11.6 Å². The SMILES string of the molecule is CCOC(=O)N1CCc2c([nH]c3ccc(Cl)cc23)C1c1ccc(F)c(F)c1. The number of nitrogens with zero attached hydrogens (tertiary/aromatic N) is 1. The summed E-state index contributed by atoms with van der Waals surface area (Å²) in [6.07, 6.45) is 0.115. The van der Waals surface area contributed by atoms with E-state index in [1.807, 2.05) is 12.1 Å². The number of nitrogens with one attached hydrogen (secondary N) is 1. The molecule has 1 aliphatic rings. The summed E-state index contributed by atoms with van der Waals surface area (Å²) >= 11 is 6.14. The minimum absolute atomic E-state index is 0.231. The van der Waals surface area contributed by atoms with Crippen molar-refractivity contribution >= 4 is 28.6 Å². The Bertz CT molecular complexity index is 1030. The lowest BCUT2D eigenvalue weighted by Crippen LogP contribution is -2.41. The van der Waals surface area contributed by atoms with Gasteiger partial charge in [-0.1, -0.05) is 17.7 Å². The van der Waals surface area contributed by atoms with E-state index in [-0.39, 0.29) is 6.61 Å². The van der Waals surface area contributed by atoms with E-state index >= 15 is 0 Å². The van der Waals surface area contributed by atoms with Crippen molar-refractivity contribution in [1.29, 1.82) is 0 Å². The molecule has 0 radical (unpaired) electrons. The summed E-state index contributed by atoms with van der Waals surface area (Å²) in [7, 11) is 0. The quantitative estimate of drug-likeness (QED) is 0.653. The average molecular weight is 391 g/mol. The van der Waals surface area contributed by atoms with Crippen LogP contribution in [-0.4, -0.2) is 29.1 Å². The van der Waals surface area contributed by atoms with Crippen LogP contribution in [-0.2, 0) is 11.2 Å². The number of rotatable bonds is 2. The number of amides is 1. The minimum atomic E-state index is -0.956. The Hall–Kier alpha value is -2.60. The summed E-state index contributed by atoms with van der Waals surface area (Å²) in [5.74, 6) is -1.89. The highest BCUT2D eigenvalue weighted by Crippen LogP contribution is 2.39. The molecule has 1 aliphatic heterocycles. The number of aromatic nitrogens is 1. The smallest absolute Gasteiger partial charge is 0.410 e. The number of fused-ring (bicyclic) bond motifs is 3. The summed E-state index contributed by atoms with van der Waals surface area (Å²) in [5.41, 5.74) is 3.13.